The highest BCUT2D eigenvalue weighted by molar-refractivity contribution is 7.98. The van der Waals surface area contributed by atoms with Crippen molar-refractivity contribution in [2.24, 2.45) is 5.90 Å². The van der Waals surface area contributed by atoms with E-state index in [1.165, 1.54) is 10.5 Å². The van der Waals surface area contributed by atoms with Crippen LogP contribution in [0.25, 0.3) is 0 Å². The highest BCUT2D eigenvalue weighted by atomic mass is 32.2. The highest BCUT2D eigenvalue weighted by Crippen LogP contribution is 2.31. The Kier molecular flexibility index (Phi) is 3.98. The van der Waals surface area contributed by atoms with Gasteiger partial charge in [-0.25, -0.2) is 5.90 Å². The summed E-state index contributed by atoms with van der Waals surface area (Å²) < 4.78 is 0. The molecule has 0 unspecified atom stereocenters. The Morgan fingerprint density at radius 2 is 2.00 bits per heavy atom. The minimum Gasteiger partial charge on any atom is -0.304 e. The summed E-state index contributed by atoms with van der Waals surface area (Å²) in [4.78, 5) is 6.04. The molecule has 1 aromatic carbocycles. The van der Waals surface area contributed by atoms with Gasteiger partial charge in [0.15, 0.2) is 0 Å². The van der Waals surface area contributed by atoms with E-state index in [2.05, 4.69) is 38.3 Å². The van der Waals surface area contributed by atoms with Crippen molar-refractivity contribution >= 4 is 11.8 Å². The van der Waals surface area contributed by atoms with Crippen molar-refractivity contribution < 1.29 is 4.84 Å². The second-order valence-corrected chi connectivity index (χ2v) is 4.74. The smallest absolute Gasteiger partial charge is 0.0770 e. The van der Waals surface area contributed by atoms with E-state index in [-0.39, 0.29) is 5.41 Å². The van der Waals surface area contributed by atoms with Crippen molar-refractivity contribution in [2.45, 2.75) is 24.2 Å². The monoisotopic (exact) mass is 211 g/mol. The normalized spacial score (nSPS) is 11.7. The second kappa shape index (κ2) is 4.82. The summed E-state index contributed by atoms with van der Waals surface area (Å²) in [5.74, 6) is 5.14. The number of thioether (sulfide) groups is 1. The van der Waals surface area contributed by atoms with Crippen LogP contribution >= 0.6 is 11.8 Å². The number of hydrogen-bond donors (Lipinski definition) is 1. The van der Waals surface area contributed by atoms with E-state index in [4.69, 9.17) is 10.7 Å². The van der Waals surface area contributed by atoms with Crippen LogP contribution in [-0.4, -0.2) is 12.9 Å². The maximum absolute atomic E-state index is 5.14. The molecule has 2 nitrogen and oxygen atoms in total. The molecular weight excluding hydrogens is 194 g/mol. The Morgan fingerprint density at radius 1 is 1.36 bits per heavy atom. The predicted octanol–water partition coefficient (Wildman–Crippen LogP) is 2.58. The zero-order valence-electron chi connectivity index (χ0n) is 8.91. The summed E-state index contributed by atoms with van der Waals surface area (Å²) in [6.45, 7) is 4.80. The van der Waals surface area contributed by atoms with Gasteiger partial charge in [0.25, 0.3) is 0 Å². The topological polar surface area (TPSA) is 35.2 Å². The van der Waals surface area contributed by atoms with Gasteiger partial charge in [-0.15, -0.1) is 11.8 Å². The van der Waals surface area contributed by atoms with E-state index in [1.807, 2.05) is 6.07 Å². The van der Waals surface area contributed by atoms with Gasteiger partial charge in [0.2, 0.25) is 0 Å². The first kappa shape index (κ1) is 11.6. The molecule has 0 aliphatic carbocycles. The Hall–Kier alpha value is -0.510. The molecule has 0 radical (unpaired) electrons. The summed E-state index contributed by atoms with van der Waals surface area (Å²) >= 11 is 1.75. The molecule has 0 spiro atoms. The molecule has 0 heterocycles. The van der Waals surface area contributed by atoms with E-state index >= 15 is 0 Å². The van der Waals surface area contributed by atoms with Gasteiger partial charge in [-0.1, -0.05) is 32.0 Å². The fourth-order valence-corrected chi connectivity index (χ4v) is 2.27. The van der Waals surface area contributed by atoms with E-state index < -0.39 is 0 Å². The Balaban J connectivity index is 3.04. The molecule has 0 saturated carbocycles. The molecule has 0 aliphatic rings. The molecule has 0 saturated heterocycles. The van der Waals surface area contributed by atoms with E-state index in [0.29, 0.717) is 6.61 Å². The van der Waals surface area contributed by atoms with Crippen LogP contribution in [0.5, 0.6) is 0 Å². The van der Waals surface area contributed by atoms with Crippen LogP contribution in [0.3, 0.4) is 0 Å². The van der Waals surface area contributed by atoms with Gasteiger partial charge in [0.05, 0.1) is 6.61 Å². The van der Waals surface area contributed by atoms with Gasteiger partial charge in [-0.05, 0) is 17.9 Å². The fraction of sp³-hybridized carbons (Fsp3) is 0.455. The van der Waals surface area contributed by atoms with Crippen molar-refractivity contribution in [3.8, 4) is 0 Å². The third-order valence-electron chi connectivity index (χ3n) is 2.28. The second-order valence-electron chi connectivity index (χ2n) is 3.90. The lowest BCUT2D eigenvalue weighted by Crippen LogP contribution is -2.26. The zero-order valence-corrected chi connectivity index (χ0v) is 9.73. The molecule has 2 N–H and O–H groups in total. The van der Waals surface area contributed by atoms with Crippen LogP contribution in [-0.2, 0) is 10.3 Å². The van der Waals surface area contributed by atoms with E-state index in [0.717, 1.165) is 0 Å². The van der Waals surface area contributed by atoms with Crippen LogP contribution < -0.4 is 5.90 Å². The lowest BCUT2D eigenvalue weighted by molar-refractivity contribution is 0.0955. The first-order valence-corrected chi connectivity index (χ1v) is 5.79. The molecule has 3 heteroatoms. The molecule has 1 rings (SSSR count). The van der Waals surface area contributed by atoms with E-state index in [9.17, 15) is 0 Å². The molecule has 0 aliphatic heterocycles. The van der Waals surface area contributed by atoms with Crippen molar-refractivity contribution in [3.63, 3.8) is 0 Å². The molecule has 14 heavy (non-hydrogen) atoms. The predicted molar refractivity (Wildman–Crippen MR) is 61.4 cm³/mol. The van der Waals surface area contributed by atoms with Crippen LogP contribution in [0.1, 0.15) is 19.4 Å². The van der Waals surface area contributed by atoms with Gasteiger partial charge < -0.3 is 4.84 Å². The summed E-state index contributed by atoms with van der Waals surface area (Å²) in [6, 6.07) is 8.35. The highest BCUT2D eigenvalue weighted by Gasteiger charge is 2.23. The molecule has 0 fully saturated rings. The summed E-state index contributed by atoms with van der Waals surface area (Å²) in [5.41, 5.74) is 1.26. The quantitative estimate of drug-likeness (QED) is 0.614. The van der Waals surface area contributed by atoms with Gasteiger partial charge in [-0.2, -0.15) is 0 Å². The first-order chi connectivity index (χ1) is 6.61. The van der Waals surface area contributed by atoms with Crippen LogP contribution in [0.15, 0.2) is 29.2 Å². The SMILES string of the molecule is CSc1ccccc1C(C)(C)CON. The number of rotatable bonds is 4. The summed E-state index contributed by atoms with van der Waals surface area (Å²) in [6.07, 6.45) is 2.08. The molecule has 1 aromatic rings. The Morgan fingerprint density at radius 3 is 2.57 bits per heavy atom. The van der Waals surface area contributed by atoms with Gasteiger partial charge in [0.1, 0.15) is 0 Å². The van der Waals surface area contributed by atoms with Crippen LogP contribution in [0.4, 0.5) is 0 Å². The standard InChI is InChI=1S/C11H17NOS/c1-11(2,8-13-12)9-6-4-5-7-10(9)14-3/h4-7H,8,12H2,1-3H3. The largest absolute Gasteiger partial charge is 0.304 e. The molecule has 0 bridgehead atoms. The first-order valence-electron chi connectivity index (χ1n) is 4.57. The number of benzene rings is 1. The number of nitrogens with two attached hydrogens (primary N) is 1. The van der Waals surface area contributed by atoms with E-state index in [1.54, 1.807) is 11.8 Å². The maximum atomic E-state index is 5.14. The van der Waals surface area contributed by atoms with Crippen molar-refractivity contribution in [1.82, 2.24) is 0 Å². The summed E-state index contributed by atoms with van der Waals surface area (Å²) in [7, 11) is 0. The van der Waals surface area contributed by atoms with Crippen LogP contribution in [0, 0.1) is 0 Å². The average Bonchev–Trinajstić information content (AvgIpc) is 2.18. The number of hydrogen-bond acceptors (Lipinski definition) is 3. The van der Waals surface area contributed by atoms with Gasteiger partial charge >= 0.3 is 0 Å². The van der Waals surface area contributed by atoms with Crippen molar-refractivity contribution in [1.29, 1.82) is 0 Å². The Labute approximate surface area is 89.8 Å². The molecule has 0 atom stereocenters. The van der Waals surface area contributed by atoms with Gasteiger partial charge in [-0.3, -0.25) is 0 Å². The maximum Gasteiger partial charge on any atom is 0.0770 e. The fourth-order valence-electron chi connectivity index (χ4n) is 1.49. The lowest BCUT2D eigenvalue weighted by atomic mass is 9.85. The average molecular weight is 211 g/mol. The molecular formula is C11H17NOS. The minimum atomic E-state index is -0.0334. The van der Waals surface area contributed by atoms with Crippen molar-refractivity contribution in [2.75, 3.05) is 12.9 Å². The van der Waals surface area contributed by atoms with Crippen molar-refractivity contribution in [3.05, 3.63) is 29.8 Å². The summed E-state index contributed by atoms with van der Waals surface area (Å²) in [5, 5.41) is 0. The molecule has 78 valence electrons. The zero-order chi connectivity index (χ0) is 10.6. The molecule has 0 aromatic heterocycles. The minimum absolute atomic E-state index is 0.0334. The Bertz CT molecular complexity index is 299. The molecule has 0 amide bonds. The third-order valence-corrected chi connectivity index (χ3v) is 3.08. The van der Waals surface area contributed by atoms with Crippen LogP contribution in [0.2, 0.25) is 0 Å². The lowest BCUT2D eigenvalue weighted by Gasteiger charge is -2.25. The van der Waals surface area contributed by atoms with Gasteiger partial charge in [0, 0.05) is 10.3 Å². The third kappa shape index (κ3) is 2.50.